The molecule has 24 heavy (non-hydrogen) atoms. The van der Waals surface area contributed by atoms with Crippen molar-refractivity contribution in [2.45, 2.75) is 11.8 Å². The number of nitrogens with one attached hydrogen (secondary N) is 1. The van der Waals surface area contributed by atoms with E-state index in [2.05, 4.69) is 15.0 Å². The number of aromatic nitrogens is 3. The van der Waals surface area contributed by atoms with Gasteiger partial charge in [-0.25, -0.2) is 13.4 Å². The summed E-state index contributed by atoms with van der Waals surface area (Å²) in [4.78, 5) is 12.3. The average molecular weight is 337 g/mol. The highest BCUT2D eigenvalue weighted by Crippen LogP contribution is 2.33. The van der Waals surface area contributed by atoms with Gasteiger partial charge in [-0.2, -0.15) is 0 Å². The molecule has 0 amide bonds. The highest BCUT2D eigenvalue weighted by atomic mass is 32.2. The molecular formula is C18H15N3O2S. The van der Waals surface area contributed by atoms with E-state index in [1.165, 1.54) is 0 Å². The zero-order valence-electron chi connectivity index (χ0n) is 13.0. The van der Waals surface area contributed by atoms with Gasteiger partial charge in [0.1, 0.15) is 5.52 Å². The van der Waals surface area contributed by atoms with Crippen LogP contribution in [0.3, 0.4) is 0 Å². The molecule has 5 nitrogen and oxygen atoms in total. The topological polar surface area (TPSA) is 75.7 Å². The van der Waals surface area contributed by atoms with Gasteiger partial charge >= 0.3 is 0 Å². The number of rotatable bonds is 3. The Morgan fingerprint density at radius 1 is 1.04 bits per heavy atom. The van der Waals surface area contributed by atoms with E-state index >= 15 is 0 Å². The van der Waals surface area contributed by atoms with Crippen LogP contribution in [-0.2, 0) is 9.84 Å². The maximum absolute atomic E-state index is 12.2. The summed E-state index contributed by atoms with van der Waals surface area (Å²) in [6, 6.07) is 12.9. The quantitative estimate of drug-likeness (QED) is 0.620. The van der Waals surface area contributed by atoms with Crippen molar-refractivity contribution in [3.63, 3.8) is 0 Å². The Morgan fingerprint density at radius 3 is 2.67 bits per heavy atom. The normalized spacial score (nSPS) is 12.0. The standard InChI is InChI=1S/C18H15N3O2S/c1-2-24(22,23)13-6-3-5-12(11-13)14-7-4-8-15-16(14)17-18(21-15)20-10-9-19-17/h3-11H,2H2,1H3,(H,20,21). The molecule has 0 spiro atoms. The third-order valence-corrected chi connectivity index (χ3v) is 5.87. The maximum Gasteiger partial charge on any atom is 0.178 e. The number of sulfone groups is 1. The van der Waals surface area contributed by atoms with Crippen LogP contribution in [0.2, 0.25) is 0 Å². The van der Waals surface area contributed by atoms with Crippen molar-refractivity contribution < 1.29 is 8.42 Å². The van der Waals surface area contributed by atoms with Crippen LogP contribution < -0.4 is 0 Å². The van der Waals surface area contributed by atoms with Crippen LogP contribution in [0.25, 0.3) is 33.2 Å². The van der Waals surface area contributed by atoms with Gasteiger partial charge in [0.25, 0.3) is 0 Å². The summed E-state index contributed by atoms with van der Waals surface area (Å²) in [5, 5.41) is 0.951. The second-order valence-corrected chi connectivity index (χ2v) is 7.82. The minimum absolute atomic E-state index is 0.0826. The van der Waals surface area contributed by atoms with Gasteiger partial charge in [-0.15, -0.1) is 0 Å². The van der Waals surface area contributed by atoms with Gasteiger partial charge in [0.15, 0.2) is 15.5 Å². The molecule has 0 radical (unpaired) electrons. The number of hydrogen-bond donors (Lipinski definition) is 1. The number of fused-ring (bicyclic) bond motifs is 3. The summed E-state index contributed by atoms with van der Waals surface area (Å²) >= 11 is 0. The molecule has 0 aliphatic rings. The lowest BCUT2D eigenvalue weighted by molar-refractivity contribution is 0.597. The monoisotopic (exact) mass is 337 g/mol. The van der Waals surface area contributed by atoms with Crippen LogP contribution >= 0.6 is 0 Å². The summed E-state index contributed by atoms with van der Waals surface area (Å²) in [5.74, 6) is 0.0826. The van der Waals surface area contributed by atoms with Crippen molar-refractivity contribution in [1.82, 2.24) is 15.0 Å². The average Bonchev–Trinajstić information content (AvgIpc) is 3.00. The molecule has 120 valence electrons. The second kappa shape index (κ2) is 5.42. The van der Waals surface area contributed by atoms with Crippen molar-refractivity contribution in [3.8, 4) is 11.1 Å². The molecule has 6 heteroatoms. The minimum Gasteiger partial charge on any atom is -0.338 e. The lowest BCUT2D eigenvalue weighted by Crippen LogP contribution is -2.03. The Hall–Kier alpha value is -2.73. The first-order chi connectivity index (χ1) is 11.6. The van der Waals surface area contributed by atoms with Gasteiger partial charge in [-0.3, -0.25) is 4.98 Å². The first-order valence-electron chi connectivity index (χ1n) is 7.65. The molecule has 2 heterocycles. The molecule has 0 aliphatic heterocycles. The molecule has 0 saturated heterocycles. The number of hydrogen-bond acceptors (Lipinski definition) is 4. The SMILES string of the molecule is CCS(=O)(=O)c1cccc(-c2cccc3[nH]c4nccnc4c23)c1. The van der Waals surface area contributed by atoms with E-state index in [-0.39, 0.29) is 5.75 Å². The number of H-pyrrole nitrogens is 1. The van der Waals surface area contributed by atoms with E-state index in [0.29, 0.717) is 4.90 Å². The van der Waals surface area contributed by atoms with E-state index in [1.807, 2.05) is 24.3 Å². The summed E-state index contributed by atoms with van der Waals surface area (Å²) in [6.45, 7) is 1.65. The fourth-order valence-corrected chi connectivity index (χ4v) is 3.84. The molecule has 0 saturated carbocycles. The third kappa shape index (κ3) is 2.27. The minimum atomic E-state index is -3.25. The smallest absolute Gasteiger partial charge is 0.178 e. The molecule has 2 aromatic carbocycles. The van der Waals surface area contributed by atoms with Crippen LogP contribution in [0.1, 0.15) is 6.92 Å². The molecule has 0 aliphatic carbocycles. The van der Waals surface area contributed by atoms with Gasteiger partial charge in [-0.1, -0.05) is 31.2 Å². The molecular weight excluding hydrogens is 322 g/mol. The van der Waals surface area contributed by atoms with E-state index in [0.717, 1.165) is 33.2 Å². The molecule has 0 atom stereocenters. The van der Waals surface area contributed by atoms with Crippen LogP contribution in [-0.4, -0.2) is 29.1 Å². The van der Waals surface area contributed by atoms with E-state index in [1.54, 1.807) is 37.5 Å². The largest absolute Gasteiger partial charge is 0.338 e. The lowest BCUT2D eigenvalue weighted by Gasteiger charge is -2.07. The van der Waals surface area contributed by atoms with E-state index in [9.17, 15) is 8.42 Å². The highest BCUT2D eigenvalue weighted by molar-refractivity contribution is 7.91. The zero-order chi connectivity index (χ0) is 16.7. The third-order valence-electron chi connectivity index (χ3n) is 4.14. The van der Waals surface area contributed by atoms with Gasteiger partial charge in [-0.05, 0) is 29.3 Å². The molecule has 0 fully saturated rings. The van der Waals surface area contributed by atoms with Crippen LogP contribution in [0.5, 0.6) is 0 Å². The Kier molecular flexibility index (Phi) is 3.35. The molecule has 2 aromatic heterocycles. The molecule has 0 unspecified atom stereocenters. The van der Waals surface area contributed by atoms with Gasteiger partial charge < -0.3 is 4.98 Å². The van der Waals surface area contributed by atoms with E-state index in [4.69, 9.17) is 0 Å². The summed E-state index contributed by atoms with van der Waals surface area (Å²) < 4.78 is 24.4. The number of benzene rings is 2. The summed E-state index contributed by atoms with van der Waals surface area (Å²) in [6.07, 6.45) is 3.30. The van der Waals surface area contributed by atoms with Gasteiger partial charge in [0, 0.05) is 23.3 Å². The molecule has 4 aromatic rings. The Bertz CT molecular complexity index is 1160. The van der Waals surface area contributed by atoms with Crippen molar-refractivity contribution in [2.24, 2.45) is 0 Å². The highest BCUT2D eigenvalue weighted by Gasteiger charge is 2.15. The maximum atomic E-state index is 12.2. The summed E-state index contributed by atoms with van der Waals surface area (Å²) in [5.41, 5.74) is 4.22. The van der Waals surface area contributed by atoms with Crippen LogP contribution in [0.15, 0.2) is 59.8 Å². The Labute approximate surface area is 139 Å². The fourth-order valence-electron chi connectivity index (χ4n) is 2.92. The number of aromatic amines is 1. The van der Waals surface area contributed by atoms with Crippen molar-refractivity contribution in [3.05, 3.63) is 54.9 Å². The molecule has 1 N–H and O–H groups in total. The van der Waals surface area contributed by atoms with Crippen molar-refractivity contribution >= 4 is 31.9 Å². The molecule has 4 rings (SSSR count). The van der Waals surface area contributed by atoms with Crippen molar-refractivity contribution in [2.75, 3.05) is 5.75 Å². The van der Waals surface area contributed by atoms with Crippen molar-refractivity contribution in [1.29, 1.82) is 0 Å². The first-order valence-corrected chi connectivity index (χ1v) is 9.30. The van der Waals surface area contributed by atoms with Crippen LogP contribution in [0.4, 0.5) is 0 Å². The van der Waals surface area contributed by atoms with Gasteiger partial charge in [0.05, 0.1) is 10.6 Å². The fraction of sp³-hybridized carbons (Fsp3) is 0.111. The predicted octanol–water partition coefficient (Wildman–Crippen LogP) is 3.57. The second-order valence-electron chi connectivity index (χ2n) is 5.54. The Balaban J connectivity index is 2.02. The predicted molar refractivity (Wildman–Crippen MR) is 94.6 cm³/mol. The molecule has 0 bridgehead atoms. The van der Waals surface area contributed by atoms with Crippen LogP contribution in [0, 0.1) is 0 Å². The first kappa shape index (κ1) is 14.8. The van der Waals surface area contributed by atoms with E-state index < -0.39 is 9.84 Å². The number of nitrogens with zero attached hydrogens (tertiary/aromatic N) is 2. The Morgan fingerprint density at radius 2 is 1.83 bits per heavy atom. The lowest BCUT2D eigenvalue weighted by atomic mass is 10.0. The summed E-state index contributed by atoms with van der Waals surface area (Å²) in [7, 11) is -3.25. The van der Waals surface area contributed by atoms with Gasteiger partial charge in [0.2, 0.25) is 0 Å². The zero-order valence-corrected chi connectivity index (χ0v) is 13.8.